The lowest BCUT2D eigenvalue weighted by Gasteiger charge is -2.28. The SMILES string of the molecule is Fc1cc([C@@H]2CCN2)c(F)c(F)c1F. The number of hydrogen-bond donors (Lipinski definition) is 1. The van der Waals surface area contributed by atoms with Crippen molar-refractivity contribution in [3.63, 3.8) is 0 Å². The highest BCUT2D eigenvalue weighted by atomic mass is 19.2. The van der Waals surface area contributed by atoms with Gasteiger partial charge in [0.25, 0.3) is 0 Å². The molecule has 1 saturated heterocycles. The number of benzene rings is 1. The largest absolute Gasteiger partial charge is 0.310 e. The summed E-state index contributed by atoms with van der Waals surface area (Å²) >= 11 is 0. The predicted octanol–water partition coefficient (Wildman–Crippen LogP) is 2.28. The van der Waals surface area contributed by atoms with Gasteiger partial charge in [0, 0.05) is 11.6 Å². The zero-order valence-electron chi connectivity index (χ0n) is 7.08. The van der Waals surface area contributed by atoms with Gasteiger partial charge < -0.3 is 5.32 Å². The summed E-state index contributed by atoms with van der Waals surface area (Å²) in [4.78, 5) is 0. The van der Waals surface area contributed by atoms with E-state index in [1.54, 1.807) is 0 Å². The van der Waals surface area contributed by atoms with Crippen LogP contribution in [0.2, 0.25) is 0 Å². The van der Waals surface area contributed by atoms with Crippen molar-refractivity contribution in [2.24, 2.45) is 0 Å². The monoisotopic (exact) mass is 205 g/mol. The summed E-state index contributed by atoms with van der Waals surface area (Å²) in [6.07, 6.45) is 0.599. The van der Waals surface area contributed by atoms with Gasteiger partial charge in [0.1, 0.15) is 0 Å². The Morgan fingerprint density at radius 2 is 1.71 bits per heavy atom. The third-order valence-electron chi connectivity index (χ3n) is 2.33. The van der Waals surface area contributed by atoms with Crippen molar-refractivity contribution in [1.82, 2.24) is 5.32 Å². The summed E-state index contributed by atoms with van der Waals surface area (Å²) in [5.74, 6) is -6.16. The molecule has 1 heterocycles. The Morgan fingerprint density at radius 3 is 2.21 bits per heavy atom. The second-order valence-corrected chi connectivity index (χ2v) is 3.18. The number of halogens is 4. The molecule has 0 aliphatic carbocycles. The molecule has 14 heavy (non-hydrogen) atoms. The Balaban J connectivity index is 2.49. The summed E-state index contributed by atoms with van der Waals surface area (Å²) in [6, 6.07) is 0.296. The highest BCUT2D eigenvalue weighted by Crippen LogP contribution is 2.28. The average Bonchev–Trinajstić information content (AvgIpc) is 2.08. The summed E-state index contributed by atoms with van der Waals surface area (Å²) in [7, 11) is 0. The molecule has 1 aromatic rings. The Bertz CT molecular complexity index is 374. The van der Waals surface area contributed by atoms with Crippen molar-refractivity contribution in [1.29, 1.82) is 0 Å². The predicted molar refractivity (Wildman–Crippen MR) is 41.6 cm³/mol. The molecule has 0 saturated carbocycles. The van der Waals surface area contributed by atoms with Crippen molar-refractivity contribution in [3.8, 4) is 0 Å². The van der Waals surface area contributed by atoms with Gasteiger partial charge in [0.2, 0.25) is 0 Å². The lowest BCUT2D eigenvalue weighted by molar-refractivity contribution is 0.347. The molecular formula is C9H7F4N. The van der Waals surface area contributed by atoms with Crippen LogP contribution in [0.4, 0.5) is 17.6 Å². The van der Waals surface area contributed by atoms with Gasteiger partial charge in [-0.3, -0.25) is 0 Å². The molecule has 76 valence electrons. The van der Waals surface area contributed by atoms with E-state index >= 15 is 0 Å². The first-order chi connectivity index (χ1) is 6.61. The van der Waals surface area contributed by atoms with E-state index in [0.717, 1.165) is 0 Å². The third kappa shape index (κ3) is 1.28. The minimum atomic E-state index is -1.76. The molecule has 2 rings (SSSR count). The standard InChI is InChI=1S/C9H7F4N/c10-5-3-4(6-1-2-14-6)7(11)9(13)8(5)12/h3,6,14H,1-2H2/t6-/m0/s1. The Labute approximate surface area is 77.7 Å². The van der Waals surface area contributed by atoms with Crippen LogP contribution >= 0.6 is 0 Å². The molecule has 0 amide bonds. The highest BCUT2D eigenvalue weighted by Gasteiger charge is 2.27. The van der Waals surface area contributed by atoms with Crippen LogP contribution in [0.15, 0.2) is 6.07 Å². The summed E-state index contributed by atoms with van der Waals surface area (Å²) < 4.78 is 51.1. The lowest BCUT2D eigenvalue weighted by Crippen LogP contribution is -2.36. The van der Waals surface area contributed by atoms with E-state index in [-0.39, 0.29) is 5.56 Å². The van der Waals surface area contributed by atoms with E-state index in [9.17, 15) is 17.6 Å². The van der Waals surface area contributed by atoms with E-state index in [4.69, 9.17) is 0 Å². The van der Waals surface area contributed by atoms with Crippen molar-refractivity contribution < 1.29 is 17.6 Å². The normalized spacial score (nSPS) is 20.7. The minimum Gasteiger partial charge on any atom is -0.310 e. The van der Waals surface area contributed by atoms with E-state index in [1.807, 2.05) is 0 Å². The maximum absolute atomic E-state index is 13.1. The molecule has 0 unspecified atom stereocenters. The first kappa shape index (κ1) is 9.45. The highest BCUT2D eigenvalue weighted by molar-refractivity contribution is 5.26. The summed E-state index contributed by atoms with van der Waals surface area (Å²) in [5.41, 5.74) is -0.146. The van der Waals surface area contributed by atoms with Crippen molar-refractivity contribution in [3.05, 3.63) is 34.9 Å². The Kier molecular flexibility index (Phi) is 2.19. The molecule has 1 aliphatic rings. The van der Waals surface area contributed by atoms with Crippen LogP contribution in [0.25, 0.3) is 0 Å². The van der Waals surface area contributed by atoms with Crippen LogP contribution in [0.5, 0.6) is 0 Å². The van der Waals surface area contributed by atoms with Gasteiger partial charge in [-0.1, -0.05) is 0 Å². The molecule has 0 spiro atoms. The van der Waals surface area contributed by atoms with E-state index in [0.29, 0.717) is 19.0 Å². The van der Waals surface area contributed by atoms with Crippen molar-refractivity contribution in [2.75, 3.05) is 6.54 Å². The van der Waals surface area contributed by atoms with Gasteiger partial charge in [-0.25, -0.2) is 17.6 Å². The minimum absolute atomic E-state index is 0.146. The van der Waals surface area contributed by atoms with Gasteiger partial charge in [0.05, 0.1) is 0 Å². The number of rotatable bonds is 1. The fourth-order valence-corrected chi connectivity index (χ4v) is 1.40. The number of nitrogens with one attached hydrogen (secondary N) is 1. The van der Waals surface area contributed by atoms with Crippen LogP contribution in [0.1, 0.15) is 18.0 Å². The third-order valence-corrected chi connectivity index (χ3v) is 2.33. The van der Waals surface area contributed by atoms with E-state index < -0.39 is 29.3 Å². The van der Waals surface area contributed by atoms with Gasteiger partial charge >= 0.3 is 0 Å². The molecule has 1 nitrogen and oxygen atoms in total. The fraction of sp³-hybridized carbons (Fsp3) is 0.333. The molecule has 0 aromatic heterocycles. The van der Waals surface area contributed by atoms with Crippen LogP contribution in [-0.2, 0) is 0 Å². The molecule has 1 N–H and O–H groups in total. The molecule has 0 bridgehead atoms. The van der Waals surface area contributed by atoms with Gasteiger partial charge in [-0.05, 0) is 19.0 Å². The second kappa shape index (κ2) is 3.24. The van der Waals surface area contributed by atoms with Crippen LogP contribution in [-0.4, -0.2) is 6.54 Å². The van der Waals surface area contributed by atoms with Crippen LogP contribution < -0.4 is 5.32 Å². The second-order valence-electron chi connectivity index (χ2n) is 3.18. The van der Waals surface area contributed by atoms with Crippen molar-refractivity contribution in [2.45, 2.75) is 12.5 Å². The molecule has 1 aliphatic heterocycles. The molecule has 1 fully saturated rings. The molecule has 1 aromatic carbocycles. The first-order valence-electron chi connectivity index (χ1n) is 4.17. The lowest BCUT2D eigenvalue weighted by atomic mass is 9.97. The zero-order chi connectivity index (χ0) is 10.3. The number of hydrogen-bond acceptors (Lipinski definition) is 1. The Morgan fingerprint density at radius 1 is 1.07 bits per heavy atom. The topological polar surface area (TPSA) is 12.0 Å². The van der Waals surface area contributed by atoms with Gasteiger partial charge in [0.15, 0.2) is 23.3 Å². The maximum Gasteiger partial charge on any atom is 0.197 e. The van der Waals surface area contributed by atoms with Gasteiger partial charge in [-0.2, -0.15) is 0 Å². The van der Waals surface area contributed by atoms with E-state index in [2.05, 4.69) is 5.32 Å². The van der Waals surface area contributed by atoms with Crippen LogP contribution in [0.3, 0.4) is 0 Å². The summed E-state index contributed by atoms with van der Waals surface area (Å²) in [5, 5.41) is 2.78. The fourth-order valence-electron chi connectivity index (χ4n) is 1.40. The smallest absolute Gasteiger partial charge is 0.197 e. The Hall–Kier alpha value is -1.10. The van der Waals surface area contributed by atoms with Crippen LogP contribution in [0, 0.1) is 23.3 Å². The quantitative estimate of drug-likeness (QED) is 0.421. The van der Waals surface area contributed by atoms with E-state index in [1.165, 1.54) is 0 Å². The molecular weight excluding hydrogens is 198 g/mol. The maximum atomic E-state index is 13.1. The average molecular weight is 205 g/mol. The zero-order valence-corrected chi connectivity index (χ0v) is 7.08. The molecule has 0 radical (unpaired) electrons. The van der Waals surface area contributed by atoms with Gasteiger partial charge in [-0.15, -0.1) is 0 Å². The van der Waals surface area contributed by atoms with Crippen molar-refractivity contribution >= 4 is 0 Å². The molecule has 5 heteroatoms. The molecule has 1 atom stereocenters. The summed E-state index contributed by atoms with van der Waals surface area (Å²) in [6.45, 7) is 0.671. The first-order valence-corrected chi connectivity index (χ1v) is 4.17.